The Kier molecular flexibility index (Phi) is 3.93. The molecule has 4 rings (SSSR count). The summed E-state index contributed by atoms with van der Waals surface area (Å²) in [5.41, 5.74) is 1.20. The first-order valence-electron chi connectivity index (χ1n) is 7.73. The maximum absolute atomic E-state index is 11.7. The number of aliphatic carboxylic acids is 1. The molecule has 3 aromatic rings. The highest BCUT2D eigenvalue weighted by atomic mass is 32.1. The third-order valence-electron chi connectivity index (χ3n) is 4.48. The smallest absolute Gasteiger partial charge is 0.320 e. The molecule has 2 atom stereocenters. The topological polar surface area (TPSA) is 40.5 Å². The molecule has 23 heavy (non-hydrogen) atoms. The highest BCUT2D eigenvalue weighted by molar-refractivity contribution is 7.19. The van der Waals surface area contributed by atoms with Gasteiger partial charge in [-0.25, -0.2) is 0 Å². The van der Waals surface area contributed by atoms with Gasteiger partial charge in [0.1, 0.15) is 6.04 Å². The standard InChI is InChI=1S/C18H17NO2S2/c20-18(21)14-5-3-8-19(14)17(13-7-9-22-11-13)16-10-12-4-1-2-6-15(12)23-16/h1-2,4,6-7,9-11,14,17H,3,5,8H2,(H,20,21). The number of nitrogens with zero attached hydrogens (tertiary/aromatic N) is 1. The van der Waals surface area contributed by atoms with Crippen molar-refractivity contribution in [3.8, 4) is 0 Å². The summed E-state index contributed by atoms with van der Waals surface area (Å²) in [6.07, 6.45) is 1.68. The predicted molar refractivity (Wildman–Crippen MR) is 95.4 cm³/mol. The summed E-state index contributed by atoms with van der Waals surface area (Å²) in [6.45, 7) is 0.839. The van der Waals surface area contributed by atoms with Crippen LogP contribution in [0.2, 0.25) is 0 Å². The molecule has 0 radical (unpaired) electrons. The van der Waals surface area contributed by atoms with Crippen molar-refractivity contribution in [1.29, 1.82) is 0 Å². The highest BCUT2D eigenvalue weighted by Crippen LogP contribution is 2.40. The largest absolute Gasteiger partial charge is 0.480 e. The average molecular weight is 343 g/mol. The maximum atomic E-state index is 11.7. The molecule has 0 amide bonds. The van der Waals surface area contributed by atoms with Gasteiger partial charge in [0.05, 0.1) is 6.04 Å². The molecule has 5 heteroatoms. The minimum Gasteiger partial charge on any atom is -0.480 e. The molecule has 1 fully saturated rings. The number of likely N-dealkylation sites (tertiary alicyclic amines) is 1. The van der Waals surface area contributed by atoms with Crippen molar-refractivity contribution in [3.63, 3.8) is 0 Å². The SMILES string of the molecule is O=C(O)C1CCCN1C(c1ccsc1)c1cc2ccccc2s1. The van der Waals surface area contributed by atoms with Crippen molar-refractivity contribution < 1.29 is 9.90 Å². The van der Waals surface area contributed by atoms with Crippen molar-refractivity contribution in [3.05, 3.63) is 57.6 Å². The van der Waals surface area contributed by atoms with Crippen LogP contribution in [0.15, 0.2) is 47.2 Å². The monoisotopic (exact) mass is 343 g/mol. The minimum absolute atomic E-state index is 0.0437. The second kappa shape index (κ2) is 6.07. The van der Waals surface area contributed by atoms with E-state index in [9.17, 15) is 9.90 Å². The normalized spacial score (nSPS) is 20.1. The molecular weight excluding hydrogens is 326 g/mol. The number of carbonyl (C=O) groups is 1. The van der Waals surface area contributed by atoms with Gasteiger partial charge in [0.25, 0.3) is 0 Å². The van der Waals surface area contributed by atoms with E-state index >= 15 is 0 Å². The Bertz CT molecular complexity index is 792. The summed E-state index contributed by atoms with van der Waals surface area (Å²) >= 11 is 3.44. The summed E-state index contributed by atoms with van der Waals surface area (Å²) in [5.74, 6) is -0.705. The summed E-state index contributed by atoms with van der Waals surface area (Å²) in [5, 5.41) is 15.0. The average Bonchev–Trinajstić information content (AvgIpc) is 3.28. The lowest BCUT2D eigenvalue weighted by atomic mass is 10.1. The van der Waals surface area contributed by atoms with Gasteiger partial charge in [-0.1, -0.05) is 18.2 Å². The van der Waals surface area contributed by atoms with Crippen LogP contribution in [0, 0.1) is 0 Å². The van der Waals surface area contributed by atoms with Gasteiger partial charge in [0.15, 0.2) is 0 Å². The van der Waals surface area contributed by atoms with Crippen LogP contribution in [0.25, 0.3) is 10.1 Å². The molecule has 1 N–H and O–H groups in total. The minimum atomic E-state index is -0.705. The number of carboxylic acids is 1. The fourth-order valence-corrected chi connectivity index (χ4v) is 5.34. The Balaban J connectivity index is 1.81. The number of fused-ring (bicyclic) bond motifs is 1. The fourth-order valence-electron chi connectivity index (χ4n) is 3.45. The first-order chi connectivity index (χ1) is 11.2. The maximum Gasteiger partial charge on any atom is 0.320 e. The Morgan fingerprint density at radius 2 is 2.17 bits per heavy atom. The number of rotatable bonds is 4. The zero-order valence-corrected chi connectivity index (χ0v) is 14.1. The summed E-state index contributed by atoms with van der Waals surface area (Å²) < 4.78 is 1.26. The van der Waals surface area contributed by atoms with E-state index in [1.807, 2.05) is 6.07 Å². The van der Waals surface area contributed by atoms with Crippen molar-refractivity contribution in [2.75, 3.05) is 6.54 Å². The number of hydrogen-bond acceptors (Lipinski definition) is 4. The molecule has 0 saturated carbocycles. The summed E-state index contributed by atoms with van der Waals surface area (Å²) in [7, 11) is 0. The van der Waals surface area contributed by atoms with E-state index in [0.29, 0.717) is 0 Å². The Morgan fingerprint density at radius 1 is 1.30 bits per heavy atom. The zero-order valence-electron chi connectivity index (χ0n) is 12.5. The number of hydrogen-bond donors (Lipinski definition) is 1. The number of carboxylic acid groups (broad SMARTS) is 1. The van der Waals surface area contributed by atoms with Crippen LogP contribution in [0.1, 0.15) is 29.3 Å². The van der Waals surface area contributed by atoms with Gasteiger partial charge in [0, 0.05) is 16.1 Å². The molecule has 3 heterocycles. The lowest BCUT2D eigenvalue weighted by molar-refractivity contribution is -0.142. The zero-order chi connectivity index (χ0) is 15.8. The summed E-state index contributed by atoms with van der Waals surface area (Å²) in [6, 6.07) is 12.4. The molecule has 2 unspecified atom stereocenters. The molecule has 118 valence electrons. The van der Waals surface area contributed by atoms with Crippen molar-refractivity contribution in [1.82, 2.24) is 4.90 Å². The Morgan fingerprint density at radius 3 is 2.91 bits per heavy atom. The van der Waals surface area contributed by atoms with Crippen LogP contribution in [0.5, 0.6) is 0 Å². The quantitative estimate of drug-likeness (QED) is 0.752. The van der Waals surface area contributed by atoms with Gasteiger partial charge < -0.3 is 5.11 Å². The van der Waals surface area contributed by atoms with Gasteiger partial charge >= 0.3 is 5.97 Å². The second-order valence-electron chi connectivity index (χ2n) is 5.88. The van der Waals surface area contributed by atoms with E-state index < -0.39 is 5.97 Å². The van der Waals surface area contributed by atoms with Gasteiger partial charge in [-0.3, -0.25) is 9.69 Å². The molecular formula is C18H17NO2S2. The second-order valence-corrected chi connectivity index (χ2v) is 7.78. The Labute approximate surface area is 142 Å². The van der Waals surface area contributed by atoms with Crippen LogP contribution < -0.4 is 0 Å². The van der Waals surface area contributed by atoms with Gasteiger partial charge in [-0.2, -0.15) is 11.3 Å². The molecule has 0 aliphatic carbocycles. The lowest BCUT2D eigenvalue weighted by Crippen LogP contribution is -2.38. The van der Waals surface area contributed by atoms with Crippen molar-refractivity contribution >= 4 is 38.7 Å². The van der Waals surface area contributed by atoms with Gasteiger partial charge in [-0.15, -0.1) is 11.3 Å². The van der Waals surface area contributed by atoms with Crippen LogP contribution in [-0.2, 0) is 4.79 Å². The number of thiophene rings is 2. The van der Waals surface area contributed by atoms with Crippen LogP contribution in [-0.4, -0.2) is 28.6 Å². The molecule has 1 aromatic carbocycles. The van der Waals surface area contributed by atoms with E-state index in [-0.39, 0.29) is 12.1 Å². The predicted octanol–water partition coefficient (Wildman–Crippen LogP) is 4.60. The molecule has 1 aliphatic heterocycles. The van der Waals surface area contributed by atoms with E-state index in [0.717, 1.165) is 19.4 Å². The fraction of sp³-hybridized carbons (Fsp3) is 0.278. The number of benzene rings is 1. The molecule has 3 nitrogen and oxygen atoms in total. The van der Waals surface area contributed by atoms with Crippen molar-refractivity contribution in [2.24, 2.45) is 0 Å². The molecule has 2 aromatic heterocycles. The molecule has 1 saturated heterocycles. The van der Waals surface area contributed by atoms with E-state index in [2.05, 4.69) is 46.0 Å². The Hall–Kier alpha value is -1.69. The lowest BCUT2D eigenvalue weighted by Gasteiger charge is -2.30. The van der Waals surface area contributed by atoms with E-state index in [1.165, 1.54) is 20.5 Å². The first-order valence-corrected chi connectivity index (χ1v) is 9.49. The molecule has 0 bridgehead atoms. The van der Waals surface area contributed by atoms with Crippen LogP contribution in [0.3, 0.4) is 0 Å². The van der Waals surface area contributed by atoms with E-state index in [1.54, 1.807) is 22.7 Å². The van der Waals surface area contributed by atoms with Gasteiger partial charge in [-0.05, 0) is 52.8 Å². The first kappa shape index (κ1) is 14.9. The van der Waals surface area contributed by atoms with Crippen LogP contribution >= 0.6 is 22.7 Å². The molecule has 1 aliphatic rings. The summed E-state index contributed by atoms with van der Waals surface area (Å²) in [4.78, 5) is 15.0. The van der Waals surface area contributed by atoms with Gasteiger partial charge in [0.2, 0.25) is 0 Å². The van der Waals surface area contributed by atoms with Crippen molar-refractivity contribution in [2.45, 2.75) is 24.9 Å². The third kappa shape index (κ3) is 2.69. The van der Waals surface area contributed by atoms with Crippen LogP contribution in [0.4, 0.5) is 0 Å². The third-order valence-corrected chi connectivity index (χ3v) is 6.35. The molecule has 0 spiro atoms. The highest BCUT2D eigenvalue weighted by Gasteiger charge is 2.37. The van der Waals surface area contributed by atoms with E-state index in [4.69, 9.17) is 0 Å².